The molecule has 0 amide bonds. The van der Waals surface area contributed by atoms with E-state index in [1.165, 1.54) is 0 Å². The summed E-state index contributed by atoms with van der Waals surface area (Å²) >= 11 is 0. The maximum atomic E-state index is 5.20. The molecule has 0 saturated carbocycles. The molecule has 3 heteroatoms. The number of hydrogen-bond donors (Lipinski definition) is 1. The van der Waals surface area contributed by atoms with Crippen LogP contribution in [0.15, 0.2) is 0 Å². The van der Waals surface area contributed by atoms with Crippen LogP contribution in [0.3, 0.4) is 0 Å². The zero-order valence-electron chi connectivity index (χ0n) is 6.31. The van der Waals surface area contributed by atoms with E-state index in [1.54, 1.807) is 7.11 Å². The summed E-state index contributed by atoms with van der Waals surface area (Å²) < 4.78 is 10.0. The normalized spacial score (nSPS) is 13.7. The summed E-state index contributed by atoms with van der Waals surface area (Å²) in [6.45, 7) is 3.22. The van der Waals surface area contributed by atoms with Crippen molar-refractivity contribution in [3.8, 4) is 0 Å². The fraction of sp³-hybridized carbons (Fsp3) is 1.00. The third-order valence-electron chi connectivity index (χ3n) is 0.914. The molecule has 1 unspecified atom stereocenters. The average molecular weight is 133 g/mol. The molecular weight excluding hydrogens is 118 g/mol. The average Bonchev–Trinajstić information content (AvgIpc) is 1.85. The molecule has 3 nitrogen and oxygen atoms in total. The van der Waals surface area contributed by atoms with Gasteiger partial charge in [0.15, 0.2) is 0 Å². The molecule has 0 radical (unpaired) electrons. The van der Waals surface area contributed by atoms with E-state index in [0.29, 0.717) is 13.3 Å². The largest absolute Gasteiger partial charge is 0.382 e. The van der Waals surface area contributed by atoms with E-state index in [4.69, 9.17) is 9.47 Å². The van der Waals surface area contributed by atoms with E-state index in [2.05, 4.69) is 5.32 Å². The minimum Gasteiger partial charge on any atom is -0.382 e. The van der Waals surface area contributed by atoms with Crippen molar-refractivity contribution in [2.75, 3.05) is 27.5 Å². The Labute approximate surface area is 56.3 Å². The number of hydrogen-bond acceptors (Lipinski definition) is 3. The van der Waals surface area contributed by atoms with Crippen molar-refractivity contribution >= 4 is 0 Å². The molecule has 1 N–H and O–H groups in total. The first-order valence-electron chi connectivity index (χ1n) is 3.06. The lowest BCUT2D eigenvalue weighted by Crippen LogP contribution is -2.21. The van der Waals surface area contributed by atoms with Gasteiger partial charge >= 0.3 is 0 Å². The Balaban J connectivity index is 2.95. The van der Waals surface area contributed by atoms with Crippen LogP contribution in [0.1, 0.15) is 6.92 Å². The predicted octanol–water partition coefficient (Wildman–Crippen LogP) is 0.215. The minimum absolute atomic E-state index is 0.183. The molecule has 0 rings (SSSR count). The fourth-order valence-corrected chi connectivity index (χ4v) is 0.508. The van der Waals surface area contributed by atoms with Gasteiger partial charge in [-0.25, -0.2) is 0 Å². The van der Waals surface area contributed by atoms with Crippen LogP contribution in [0.25, 0.3) is 0 Å². The monoisotopic (exact) mass is 133 g/mol. The van der Waals surface area contributed by atoms with Crippen LogP contribution in [0, 0.1) is 0 Å². The molecule has 0 heterocycles. The molecule has 0 saturated heterocycles. The second kappa shape index (κ2) is 6.01. The smallest absolute Gasteiger partial charge is 0.0967 e. The van der Waals surface area contributed by atoms with E-state index in [1.807, 2.05) is 14.0 Å². The topological polar surface area (TPSA) is 30.5 Å². The van der Waals surface area contributed by atoms with Gasteiger partial charge in [0, 0.05) is 7.11 Å². The number of ether oxygens (including phenoxy) is 2. The first-order chi connectivity index (χ1) is 4.31. The first kappa shape index (κ1) is 8.88. The van der Waals surface area contributed by atoms with Gasteiger partial charge in [-0.2, -0.15) is 0 Å². The zero-order valence-corrected chi connectivity index (χ0v) is 6.31. The molecule has 0 spiro atoms. The van der Waals surface area contributed by atoms with Gasteiger partial charge in [-0.15, -0.1) is 0 Å². The van der Waals surface area contributed by atoms with Gasteiger partial charge in [-0.1, -0.05) is 0 Å². The van der Waals surface area contributed by atoms with Crippen molar-refractivity contribution in [3.05, 3.63) is 0 Å². The standard InChI is InChI=1S/C6H15NO2/c1-6(4-8-3)9-5-7-2/h6-7H,4-5H2,1-3H3. The molecule has 0 aromatic heterocycles. The third kappa shape index (κ3) is 5.76. The van der Waals surface area contributed by atoms with Crippen LogP contribution in [0.5, 0.6) is 0 Å². The Hall–Kier alpha value is -0.120. The molecule has 9 heavy (non-hydrogen) atoms. The Kier molecular flexibility index (Phi) is 5.93. The van der Waals surface area contributed by atoms with Crippen LogP contribution in [0.2, 0.25) is 0 Å². The number of rotatable bonds is 5. The highest BCUT2D eigenvalue weighted by atomic mass is 16.5. The van der Waals surface area contributed by atoms with Gasteiger partial charge in [0.25, 0.3) is 0 Å². The lowest BCUT2D eigenvalue weighted by Gasteiger charge is -2.10. The van der Waals surface area contributed by atoms with E-state index in [-0.39, 0.29) is 6.10 Å². The second-order valence-electron chi connectivity index (χ2n) is 1.93. The van der Waals surface area contributed by atoms with E-state index in [9.17, 15) is 0 Å². The molecule has 0 bridgehead atoms. The van der Waals surface area contributed by atoms with E-state index < -0.39 is 0 Å². The van der Waals surface area contributed by atoms with Crippen LogP contribution >= 0.6 is 0 Å². The SMILES string of the molecule is CNCOC(C)COC. The van der Waals surface area contributed by atoms with Crippen LogP contribution in [-0.2, 0) is 9.47 Å². The summed E-state index contributed by atoms with van der Waals surface area (Å²) in [6, 6.07) is 0. The highest BCUT2D eigenvalue weighted by Gasteiger charge is 1.97. The molecule has 56 valence electrons. The molecule has 0 aliphatic carbocycles. The number of methoxy groups -OCH3 is 1. The van der Waals surface area contributed by atoms with Crippen molar-refractivity contribution in [1.29, 1.82) is 0 Å². The molecule has 0 fully saturated rings. The Morgan fingerprint density at radius 2 is 2.22 bits per heavy atom. The van der Waals surface area contributed by atoms with Crippen LogP contribution in [-0.4, -0.2) is 33.6 Å². The van der Waals surface area contributed by atoms with Gasteiger partial charge in [0.1, 0.15) is 0 Å². The maximum Gasteiger partial charge on any atom is 0.0967 e. The Morgan fingerprint density at radius 3 is 2.67 bits per heavy atom. The van der Waals surface area contributed by atoms with Crippen LogP contribution in [0.4, 0.5) is 0 Å². The summed E-state index contributed by atoms with van der Waals surface area (Å²) in [4.78, 5) is 0. The first-order valence-corrected chi connectivity index (χ1v) is 3.06. The minimum atomic E-state index is 0.183. The quantitative estimate of drug-likeness (QED) is 0.544. The maximum absolute atomic E-state index is 5.20. The highest BCUT2D eigenvalue weighted by Crippen LogP contribution is 1.87. The fourth-order valence-electron chi connectivity index (χ4n) is 0.508. The predicted molar refractivity (Wildman–Crippen MR) is 36.3 cm³/mol. The molecule has 0 aliphatic heterocycles. The van der Waals surface area contributed by atoms with E-state index in [0.717, 1.165) is 0 Å². The number of nitrogens with one attached hydrogen (secondary N) is 1. The van der Waals surface area contributed by atoms with Crippen molar-refractivity contribution in [2.24, 2.45) is 0 Å². The lowest BCUT2D eigenvalue weighted by atomic mass is 10.4. The van der Waals surface area contributed by atoms with Crippen molar-refractivity contribution in [2.45, 2.75) is 13.0 Å². The highest BCUT2D eigenvalue weighted by molar-refractivity contribution is 4.43. The second-order valence-corrected chi connectivity index (χ2v) is 1.93. The summed E-state index contributed by atoms with van der Waals surface area (Å²) in [7, 11) is 3.51. The summed E-state index contributed by atoms with van der Waals surface area (Å²) in [5.74, 6) is 0. The van der Waals surface area contributed by atoms with Gasteiger partial charge in [0.2, 0.25) is 0 Å². The Bertz CT molecular complexity index is 59.0. The van der Waals surface area contributed by atoms with Crippen LogP contribution < -0.4 is 5.32 Å². The molecule has 0 aromatic carbocycles. The molecule has 0 aliphatic rings. The third-order valence-corrected chi connectivity index (χ3v) is 0.914. The van der Waals surface area contributed by atoms with E-state index >= 15 is 0 Å². The molecule has 0 aromatic rings. The van der Waals surface area contributed by atoms with Gasteiger partial charge in [0.05, 0.1) is 19.4 Å². The molecular formula is C6H15NO2. The van der Waals surface area contributed by atoms with Crippen molar-refractivity contribution in [1.82, 2.24) is 5.32 Å². The summed E-state index contributed by atoms with van der Waals surface area (Å²) in [6.07, 6.45) is 0.183. The van der Waals surface area contributed by atoms with Gasteiger partial charge in [-0.05, 0) is 14.0 Å². The van der Waals surface area contributed by atoms with Gasteiger partial charge in [-0.3, -0.25) is 5.32 Å². The van der Waals surface area contributed by atoms with Gasteiger partial charge < -0.3 is 9.47 Å². The zero-order chi connectivity index (χ0) is 7.11. The lowest BCUT2D eigenvalue weighted by molar-refractivity contribution is 0.00315. The summed E-state index contributed by atoms with van der Waals surface area (Å²) in [5.41, 5.74) is 0. The van der Waals surface area contributed by atoms with Crippen molar-refractivity contribution < 1.29 is 9.47 Å². The molecule has 1 atom stereocenters. The Morgan fingerprint density at radius 1 is 1.56 bits per heavy atom. The van der Waals surface area contributed by atoms with Crippen molar-refractivity contribution in [3.63, 3.8) is 0 Å². The summed E-state index contributed by atoms with van der Waals surface area (Å²) in [5, 5.41) is 2.88.